The molecule has 5 rings (SSSR count). The number of fused-ring (bicyclic) bond motifs is 3. The molecule has 29 heavy (non-hydrogen) atoms. The van der Waals surface area contributed by atoms with Gasteiger partial charge in [-0.2, -0.15) is 0 Å². The zero-order valence-corrected chi connectivity index (χ0v) is 16.6. The lowest BCUT2D eigenvalue weighted by Gasteiger charge is -2.33. The molecule has 0 fully saturated rings. The summed E-state index contributed by atoms with van der Waals surface area (Å²) in [6.07, 6.45) is 0.875. The van der Waals surface area contributed by atoms with Crippen molar-refractivity contribution >= 4 is 17.0 Å². The van der Waals surface area contributed by atoms with Gasteiger partial charge in [0.2, 0.25) is 5.95 Å². The SMILES string of the molecule is CC(C)c1ccc([C@@H]2C[C@@H](c3ccc(F)cc3)Nc3nc4ccccc4n32)cc1. The minimum atomic E-state index is -0.211. The van der Waals surface area contributed by atoms with Crippen LogP contribution in [0.2, 0.25) is 0 Å². The lowest BCUT2D eigenvalue weighted by Crippen LogP contribution is -2.27. The van der Waals surface area contributed by atoms with Crippen LogP contribution < -0.4 is 5.32 Å². The third kappa shape index (κ3) is 3.19. The van der Waals surface area contributed by atoms with Gasteiger partial charge in [-0.15, -0.1) is 0 Å². The Morgan fingerprint density at radius 1 is 0.931 bits per heavy atom. The molecular weight excluding hydrogens is 361 g/mol. The molecule has 0 bridgehead atoms. The van der Waals surface area contributed by atoms with Gasteiger partial charge in [0, 0.05) is 0 Å². The van der Waals surface area contributed by atoms with E-state index in [0.717, 1.165) is 29.0 Å². The highest BCUT2D eigenvalue weighted by Crippen LogP contribution is 2.41. The molecule has 0 aliphatic carbocycles. The summed E-state index contributed by atoms with van der Waals surface area (Å²) in [5.74, 6) is 1.16. The summed E-state index contributed by atoms with van der Waals surface area (Å²) in [6.45, 7) is 4.43. The number of nitrogens with one attached hydrogen (secondary N) is 1. The van der Waals surface area contributed by atoms with Crippen LogP contribution >= 0.6 is 0 Å². The Balaban J connectivity index is 1.62. The van der Waals surface area contributed by atoms with Crippen molar-refractivity contribution < 1.29 is 4.39 Å². The maximum absolute atomic E-state index is 13.4. The normalized spacial score (nSPS) is 18.6. The first kappa shape index (κ1) is 17.9. The van der Waals surface area contributed by atoms with Crippen LogP contribution in [0, 0.1) is 5.82 Å². The fourth-order valence-corrected chi connectivity index (χ4v) is 4.31. The first-order valence-corrected chi connectivity index (χ1v) is 10.2. The Kier molecular flexibility index (Phi) is 4.35. The van der Waals surface area contributed by atoms with E-state index >= 15 is 0 Å². The molecule has 3 nitrogen and oxygen atoms in total. The largest absolute Gasteiger partial charge is 0.349 e. The number of para-hydroxylation sites is 2. The van der Waals surface area contributed by atoms with Gasteiger partial charge in [-0.1, -0.05) is 62.4 Å². The van der Waals surface area contributed by atoms with Gasteiger partial charge < -0.3 is 9.88 Å². The third-order valence-corrected chi connectivity index (χ3v) is 5.93. The summed E-state index contributed by atoms with van der Waals surface area (Å²) in [5.41, 5.74) is 5.80. The topological polar surface area (TPSA) is 29.9 Å². The van der Waals surface area contributed by atoms with Crippen molar-refractivity contribution in [2.75, 3.05) is 5.32 Å². The highest BCUT2D eigenvalue weighted by Gasteiger charge is 2.31. The number of hydrogen-bond acceptors (Lipinski definition) is 2. The predicted octanol–water partition coefficient (Wildman–Crippen LogP) is 6.45. The van der Waals surface area contributed by atoms with Gasteiger partial charge >= 0.3 is 0 Å². The second-order valence-electron chi connectivity index (χ2n) is 8.12. The zero-order chi connectivity index (χ0) is 20.0. The summed E-state index contributed by atoms with van der Waals surface area (Å²) < 4.78 is 15.7. The quantitative estimate of drug-likeness (QED) is 0.439. The second-order valence-corrected chi connectivity index (χ2v) is 8.12. The number of rotatable bonds is 3. The van der Waals surface area contributed by atoms with Gasteiger partial charge in [-0.05, 0) is 53.3 Å². The Morgan fingerprint density at radius 2 is 1.62 bits per heavy atom. The van der Waals surface area contributed by atoms with Crippen LogP contribution in [-0.2, 0) is 0 Å². The number of halogens is 1. The van der Waals surface area contributed by atoms with E-state index in [0.29, 0.717) is 5.92 Å². The second kappa shape index (κ2) is 7.03. The Hall–Kier alpha value is -3.14. The molecule has 1 N–H and O–H groups in total. The molecule has 0 saturated heterocycles. The first-order valence-electron chi connectivity index (χ1n) is 10.2. The van der Waals surface area contributed by atoms with Crippen molar-refractivity contribution in [1.29, 1.82) is 0 Å². The van der Waals surface area contributed by atoms with Gasteiger partial charge in [0.25, 0.3) is 0 Å². The zero-order valence-electron chi connectivity index (χ0n) is 16.6. The van der Waals surface area contributed by atoms with E-state index in [2.05, 4.69) is 60.1 Å². The number of benzene rings is 3. The van der Waals surface area contributed by atoms with Crippen molar-refractivity contribution in [2.24, 2.45) is 0 Å². The third-order valence-electron chi connectivity index (χ3n) is 5.93. The van der Waals surface area contributed by atoms with Crippen LogP contribution in [0.15, 0.2) is 72.8 Å². The number of hydrogen-bond donors (Lipinski definition) is 1. The summed E-state index contributed by atoms with van der Waals surface area (Å²) in [5, 5.41) is 3.58. The fraction of sp³-hybridized carbons (Fsp3) is 0.240. The van der Waals surface area contributed by atoms with E-state index < -0.39 is 0 Å². The molecule has 0 radical (unpaired) electrons. The predicted molar refractivity (Wildman–Crippen MR) is 116 cm³/mol. The maximum atomic E-state index is 13.4. The van der Waals surface area contributed by atoms with Gasteiger partial charge in [0.15, 0.2) is 0 Å². The molecule has 0 spiro atoms. The van der Waals surface area contributed by atoms with Crippen molar-refractivity contribution in [3.63, 3.8) is 0 Å². The molecule has 0 amide bonds. The Morgan fingerprint density at radius 3 is 2.34 bits per heavy atom. The molecule has 1 aliphatic heterocycles. The van der Waals surface area contributed by atoms with Crippen molar-refractivity contribution in [3.05, 3.63) is 95.3 Å². The highest BCUT2D eigenvalue weighted by molar-refractivity contribution is 5.79. The van der Waals surface area contributed by atoms with E-state index in [1.54, 1.807) is 0 Å². The average Bonchev–Trinajstić information content (AvgIpc) is 3.12. The smallest absolute Gasteiger partial charge is 0.204 e. The molecule has 4 aromatic rings. The summed E-state index contributed by atoms with van der Waals surface area (Å²) >= 11 is 0. The highest BCUT2D eigenvalue weighted by atomic mass is 19.1. The number of nitrogens with zero attached hydrogens (tertiary/aromatic N) is 2. The summed E-state index contributed by atoms with van der Waals surface area (Å²) in [4.78, 5) is 4.85. The van der Waals surface area contributed by atoms with E-state index in [4.69, 9.17) is 4.98 Å². The minimum Gasteiger partial charge on any atom is -0.349 e. The maximum Gasteiger partial charge on any atom is 0.204 e. The van der Waals surface area contributed by atoms with Crippen LogP contribution in [0.1, 0.15) is 55.0 Å². The average molecular weight is 385 g/mol. The first-order chi connectivity index (χ1) is 14.1. The van der Waals surface area contributed by atoms with Gasteiger partial charge in [-0.3, -0.25) is 0 Å². The van der Waals surface area contributed by atoms with E-state index in [-0.39, 0.29) is 17.9 Å². The van der Waals surface area contributed by atoms with Gasteiger partial charge in [0.1, 0.15) is 5.82 Å². The summed E-state index contributed by atoms with van der Waals surface area (Å²) in [7, 11) is 0. The number of aromatic nitrogens is 2. The van der Waals surface area contributed by atoms with Crippen LogP contribution in [-0.4, -0.2) is 9.55 Å². The molecular formula is C25H24FN3. The van der Waals surface area contributed by atoms with E-state index in [9.17, 15) is 4.39 Å². The van der Waals surface area contributed by atoms with Crippen LogP contribution in [0.3, 0.4) is 0 Å². The van der Waals surface area contributed by atoms with Gasteiger partial charge in [-0.25, -0.2) is 9.37 Å². The van der Waals surface area contributed by atoms with Crippen molar-refractivity contribution in [2.45, 2.75) is 38.3 Å². The minimum absolute atomic E-state index is 0.0784. The van der Waals surface area contributed by atoms with Crippen LogP contribution in [0.5, 0.6) is 0 Å². The molecule has 0 unspecified atom stereocenters. The Labute approximate surface area is 170 Å². The monoisotopic (exact) mass is 385 g/mol. The summed E-state index contributed by atoms with van der Waals surface area (Å²) in [6, 6.07) is 24.2. The molecule has 0 saturated carbocycles. The van der Waals surface area contributed by atoms with Crippen LogP contribution in [0.4, 0.5) is 10.3 Å². The van der Waals surface area contributed by atoms with E-state index in [1.165, 1.54) is 23.3 Å². The number of anilines is 1. The van der Waals surface area contributed by atoms with Crippen LogP contribution in [0.25, 0.3) is 11.0 Å². The molecule has 2 atom stereocenters. The van der Waals surface area contributed by atoms with Gasteiger partial charge in [0.05, 0.1) is 23.1 Å². The van der Waals surface area contributed by atoms with E-state index in [1.807, 2.05) is 24.3 Å². The Bertz CT molecular complexity index is 1140. The molecule has 146 valence electrons. The molecule has 2 heterocycles. The van der Waals surface area contributed by atoms with Crippen molar-refractivity contribution in [1.82, 2.24) is 9.55 Å². The molecule has 1 aliphatic rings. The fourth-order valence-electron chi connectivity index (χ4n) is 4.31. The molecule has 1 aromatic heterocycles. The standard InChI is InChI=1S/C25H24FN3/c1-16(2)17-7-9-19(10-8-17)24-15-22(18-11-13-20(26)14-12-18)28-25-27-21-5-3-4-6-23(21)29(24)25/h3-14,16,22,24H,15H2,1-2H3,(H,27,28)/t22-,24-/m0/s1. The molecule has 4 heteroatoms. The lowest BCUT2D eigenvalue weighted by atomic mass is 9.91. The lowest BCUT2D eigenvalue weighted by molar-refractivity contribution is 0.477. The van der Waals surface area contributed by atoms with Crippen molar-refractivity contribution in [3.8, 4) is 0 Å². The molecule has 3 aromatic carbocycles. The number of imidazole rings is 1.